The Bertz CT molecular complexity index is 996. The topological polar surface area (TPSA) is 63.3 Å². The van der Waals surface area contributed by atoms with Gasteiger partial charge < -0.3 is 19.4 Å². The van der Waals surface area contributed by atoms with Crippen molar-refractivity contribution in [3.63, 3.8) is 0 Å². The van der Waals surface area contributed by atoms with Gasteiger partial charge in [-0.2, -0.15) is 0 Å². The number of anilines is 1. The van der Waals surface area contributed by atoms with E-state index in [1.807, 2.05) is 24.1 Å². The van der Waals surface area contributed by atoms with Gasteiger partial charge in [0.05, 0.1) is 30.6 Å². The summed E-state index contributed by atoms with van der Waals surface area (Å²) in [4.78, 5) is 14.3. The van der Waals surface area contributed by atoms with Gasteiger partial charge in [0.2, 0.25) is 0 Å². The summed E-state index contributed by atoms with van der Waals surface area (Å²) in [5, 5.41) is 1.59. The number of allylic oxidation sites excluding steroid dienone is 1. The van der Waals surface area contributed by atoms with Crippen molar-refractivity contribution in [1.82, 2.24) is 15.0 Å². The van der Waals surface area contributed by atoms with Crippen LogP contribution in [-0.4, -0.2) is 36.2 Å². The van der Waals surface area contributed by atoms with Gasteiger partial charge in [-0.25, -0.2) is 9.97 Å². The van der Waals surface area contributed by atoms with E-state index in [1.165, 1.54) is 0 Å². The summed E-state index contributed by atoms with van der Waals surface area (Å²) in [5.41, 5.74) is 4.77. The zero-order valence-electron chi connectivity index (χ0n) is 14.1. The highest BCUT2D eigenvalue weighted by Gasteiger charge is 2.22. The van der Waals surface area contributed by atoms with Crippen LogP contribution in [0.1, 0.15) is 11.4 Å². The minimum absolute atomic E-state index is 0.484. The highest BCUT2D eigenvalue weighted by molar-refractivity contribution is 6.35. The lowest BCUT2D eigenvalue weighted by Crippen LogP contribution is -2.18. The van der Waals surface area contributed by atoms with E-state index < -0.39 is 0 Å². The first-order chi connectivity index (χ1) is 12.1. The van der Waals surface area contributed by atoms with E-state index in [1.54, 1.807) is 26.5 Å². The zero-order valence-corrected chi connectivity index (χ0v) is 14.9. The Labute approximate surface area is 150 Å². The average Bonchev–Trinajstić information content (AvgIpc) is 3.06. The van der Waals surface area contributed by atoms with Gasteiger partial charge in [0.25, 0.3) is 5.88 Å². The fraction of sp³-hybridized carbons (Fsp3) is 0.222. The number of hydrogen-bond donors (Lipinski definition) is 1. The lowest BCUT2D eigenvalue weighted by Gasteiger charge is -2.26. The molecule has 0 bridgehead atoms. The number of aromatic amines is 1. The number of halogens is 1. The average molecular weight is 357 g/mol. The number of aromatic nitrogens is 3. The monoisotopic (exact) mass is 356 g/mol. The lowest BCUT2D eigenvalue weighted by molar-refractivity contribution is 0.342. The minimum Gasteiger partial charge on any atom is -0.491 e. The molecule has 4 heterocycles. The molecule has 0 unspecified atom stereocenters. The number of methoxy groups -OCH3 is 2. The molecule has 0 radical (unpaired) electrons. The van der Waals surface area contributed by atoms with E-state index in [-0.39, 0.29) is 0 Å². The third-order valence-electron chi connectivity index (χ3n) is 4.34. The molecule has 1 aliphatic rings. The molecule has 0 saturated carbocycles. The van der Waals surface area contributed by atoms with Crippen LogP contribution in [0.5, 0.6) is 11.6 Å². The summed E-state index contributed by atoms with van der Waals surface area (Å²) >= 11 is 6.26. The number of ether oxygens (including phenoxy) is 2. The van der Waals surface area contributed by atoms with Crippen LogP contribution in [0.2, 0.25) is 5.02 Å². The first-order valence-corrected chi connectivity index (χ1v) is 8.17. The molecule has 0 aliphatic carbocycles. The fourth-order valence-corrected chi connectivity index (χ4v) is 3.29. The van der Waals surface area contributed by atoms with Gasteiger partial charge >= 0.3 is 0 Å². The number of nitrogens with zero attached hydrogens (tertiary/aromatic N) is 3. The molecule has 25 heavy (non-hydrogen) atoms. The van der Waals surface area contributed by atoms with Gasteiger partial charge in [-0.3, -0.25) is 0 Å². The molecule has 3 aromatic heterocycles. The third kappa shape index (κ3) is 2.59. The molecule has 0 amide bonds. The van der Waals surface area contributed by atoms with Crippen LogP contribution in [0.4, 0.5) is 5.69 Å². The van der Waals surface area contributed by atoms with Crippen LogP contribution in [0.25, 0.3) is 16.6 Å². The summed E-state index contributed by atoms with van der Waals surface area (Å²) in [6.07, 6.45) is 4.44. The number of rotatable bonds is 3. The normalized spacial score (nSPS) is 13.6. The predicted molar refractivity (Wildman–Crippen MR) is 98.5 cm³/mol. The number of nitrogens with one attached hydrogen (secondary N) is 1. The number of fused-ring (bicyclic) bond motifs is 2. The van der Waals surface area contributed by atoms with Gasteiger partial charge in [0, 0.05) is 43.0 Å². The molecular formula is C18H17ClN4O2. The van der Waals surface area contributed by atoms with Crippen molar-refractivity contribution in [2.45, 2.75) is 6.42 Å². The highest BCUT2D eigenvalue weighted by Crippen LogP contribution is 2.38. The quantitative estimate of drug-likeness (QED) is 0.775. The largest absolute Gasteiger partial charge is 0.491 e. The SMILES string of the molecule is COc1cc2c(nc1OC)CC(c1cc3c(Cl)ccnc3[nH]1)=CN2C. The molecule has 128 valence electrons. The van der Waals surface area contributed by atoms with Crippen LogP contribution >= 0.6 is 11.6 Å². The first kappa shape index (κ1) is 15.8. The van der Waals surface area contributed by atoms with Crippen LogP contribution in [0.3, 0.4) is 0 Å². The smallest absolute Gasteiger partial charge is 0.257 e. The van der Waals surface area contributed by atoms with Crippen molar-refractivity contribution in [1.29, 1.82) is 0 Å². The van der Waals surface area contributed by atoms with Gasteiger partial charge in [-0.1, -0.05) is 11.6 Å². The van der Waals surface area contributed by atoms with Crippen molar-refractivity contribution in [2.75, 3.05) is 26.2 Å². The molecular weight excluding hydrogens is 340 g/mol. The maximum Gasteiger partial charge on any atom is 0.257 e. The molecule has 1 N–H and O–H groups in total. The van der Waals surface area contributed by atoms with E-state index in [9.17, 15) is 0 Å². The van der Waals surface area contributed by atoms with Crippen LogP contribution in [-0.2, 0) is 6.42 Å². The number of H-pyrrole nitrogens is 1. The van der Waals surface area contributed by atoms with Crippen molar-refractivity contribution >= 4 is 33.9 Å². The Morgan fingerprint density at radius 1 is 1.24 bits per heavy atom. The molecule has 0 saturated heterocycles. The van der Waals surface area contributed by atoms with Crippen molar-refractivity contribution in [2.24, 2.45) is 0 Å². The van der Waals surface area contributed by atoms with Crippen LogP contribution in [0.15, 0.2) is 30.6 Å². The zero-order chi connectivity index (χ0) is 17.6. The fourth-order valence-electron chi connectivity index (χ4n) is 3.09. The molecule has 6 nitrogen and oxygen atoms in total. The Kier molecular flexibility index (Phi) is 3.77. The van der Waals surface area contributed by atoms with E-state index in [4.69, 9.17) is 21.1 Å². The second-order valence-corrected chi connectivity index (χ2v) is 6.25. The summed E-state index contributed by atoms with van der Waals surface area (Å²) < 4.78 is 10.7. The maximum absolute atomic E-state index is 6.26. The molecule has 3 aromatic rings. The van der Waals surface area contributed by atoms with E-state index in [0.717, 1.165) is 33.7 Å². The van der Waals surface area contributed by atoms with Crippen molar-refractivity contribution < 1.29 is 9.47 Å². The van der Waals surface area contributed by atoms with Crippen molar-refractivity contribution in [3.8, 4) is 11.6 Å². The second kappa shape index (κ2) is 5.97. The molecule has 0 aromatic carbocycles. The van der Waals surface area contributed by atoms with Gasteiger partial charge in [-0.15, -0.1) is 0 Å². The van der Waals surface area contributed by atoms with E-state index >= 15 is 0 Å². The summed E-state index contributed by atoms with van der Waals surface area (Å²) in [6.45, 7) is 0. The Morgan fingerprint density at radius 2 is 2.08 bits per heavy atom. The van der Waals surface area contributed by atoms with Crippen LogP contribution in [0, 0.1) is 0 Å². The van der Waals surface area contributed by atoms with Gasteiger partial charge in [0.15, 0.2) is 5.75 Å². The van der Waals surface area contributed by atoms with Crippen LogP contribution < -0.4 is 14.4 Å². The number of pyridine rings is 2. The molecule has 0 spiro atoms. The van der Waals surface area contributed by atoms with Gasteiger partial charge in [0.1, 0.15) is 5.65 Å². The first-order valence-electron chi connectivity index (χ1n) is 7.79. The van der Waals surface area contributed by atoms with Crippen molar-refractivity contribution in [3.05, 3.63) is 47.0 Å². The number of hydrogen-bond acceptors (Lipinski definition) is 5. The predicted octanol–water partition coefficient (Wildman–Crippen LogP) is 3.66. The standard InChI is InChI=1S/C18H17ClN4O2/c1-23-9-10(13-7-11-12(19)4-5-20-17(11)21-13)6-14-15(23)8-16(24-2)18(22-14)25-3/h4-5,7-9H,6H2,1-3H3,(H,20,21). The minimum atomic E-state index is 0.484. The summed E-state index contributed by atoms with van der Waals surface area (Å²) in [5.74, 6) is 1.10. The Morgan fingerprint density at radius 3 is 2.80 bits per heavy atom. The van der Waals surface area contributed by atoms with Gasteiger partial charge in [-0.05, 0) is 17.7 Å². The Hall–Kier alpha value is -2.73. The molecule has 0 fully saturated rings. The van der Waals surface area contributed by atoms with E-state index in [0.29, 0.717) is 23.1 Å². The highest BCUT2D eigenvalue weighted by atomic mass is 35.5. The third-order valence-corrected chi connectivity index (χ3v) is 4.67. The molecule has 4 rings (SSSR count). The summed E-state index contributed by atoms with van der Waals surface area (Å²) in [6, 6.07) is 5.76. The molecule has 0 atom stereocenters. The molecule has 1 aliphatic heterocycles. The maximum atomic E-state index is 6.26. The lowest BCUT2D eigenvalue weighted by atomic mass is 10.0. The second-order valence-electron chi connectivity index (χ2n) is 5.85. The Balaban J connectivity index is 1.78. The van der Waals surface area contributed by atoms with E-state index in [2.05, 4.69) is 21.2 Å². The molecule has 7 heteroatoms. The summed E-state index contributed by atoms with van der Waals surface area (Å²) in [7, 11) is 5.18.